The molecule has 0 saturated heterocycles. The Bertz CT molecular complexity index is 1090. The van der Waals surface area contributed by atoms with Crippen molar-refractivity contribution < 1.29 is 9.13 Å². The predicted molar refractivity (Wildman–Crippen MR) is 163 cm³/mol. The molecule has 2 nitrogen and oxygen atoms in total. The molecule has 0 aliphatic carbocycles. The zero-order valence-corrected chi connectivity index (χ0v) is 23.7. The molecule has 0 fully saturated rings. The monoisotopic (exact) mass is 550 g/mol. The van der Waals surface area contributed by atoms with Gasteiger partial charge < -0.3 is 9.13 Å². The molecule has 0 saturated carbocycles. The summed E-state index contributed by atoms with van der Waals surface area (Å²) in [5, 5.41) is 3.75. The summed E-state index contributed by atoms with van der Waals surface area (Å²) in [7, 11) is -1.61. The second-order valence-electron chi connectivity index (χ2n) is 8.62. The first-order valence-corrected chi connectivity index (χ1v) is 18.6. The fraction of sp³-hybridized carbons (Fsp3) is 0.200. The van der Waals surface area contributed by atoms with Crippen LogP contribution in [0.5, 0.6) is 0 Å². The van der Waals surface area contributed by atoms with Gasteiger partial charge in [-0.3, -0.25) is 0 Å². The van der Waals surface area contributed by atoms with Crippen LogP contribution in [0.2, 0.25) is 0 Å². The van der Waals surface area contributed by atoms with Crippen LogP contribution in [0.3, 0.4) is 0 Å². The molecule has 6 heteroatoms. The average molecular weight is 551 g/mol. The molecule has 0 aliphatic heterocycles. The normalized spacial score (nSPS) is 11.9. The van der Waals surface area contributed by atoms with Gasteiger partial charge in [-0.05, 0) is 12.8 Å². The van der Waals surface area contributed by atoms with E-state index < -0.39 is 14.3 Å². The van der Waals surface area contributed by atoms with Crippen LogP contribution < -0.4 is 21.2 Å². The van der Waals surface area contributed by atoms with Crippen LogP contribution in [-0.4, -0.2) is 23.8 Å². The van der Waals surface area contributed by atoms with Crippen molar-refractivity contribution in [2.75, 3.05) is 23.8 Å². The summed E-state index contributed by atoms with van der Waals surface area (Å²) in [6.07, 6.45) is 3.13. The third kappa shape index (κ3) is 6.87. The van der Waals surface area contributed by atoms with E-state index in [1.165, 1.54) is 0 Å². The standard InChI is InChI=1S/C30H32O2P2S2/c31-33(27-15-5-1-6-16-27,28-17-7-2-8-18-28)23-13-25-35-36-26-14-24-34(32,29-19-9-3-10-20-29)30-21-11-4-12-22-30/h1-12,15-22H,13-14,23-26H2. The molecule has 4 aromatic rings. The summed E-state index contributed by atoms with van der Waals surface area (Å²) in [6.45, 7) is 0. The highest BCUT2D eigenvalue weighted by atomic mass is 33.1. The highest BCUT2D eigenvalue weighted by Gasteiger charge is 2.27. The zero-order valence-electron chi connectivity index (χ0n) is 20.3. The minimum absolute atomic E-state index is 0.672. The van der Waals surface area contributed by atoms with Gasteiger partial charge in [0.05, 0.1) is 0 Å². The van der Waals surface area contributed by atoms with E-state index in [0.717, 1.165) is 45.6 Å². The molecule has 0 radical (unpaired) electrons. The predicted octanol–water partition coefficient (Wildman–Crippen LogP) is 7.18. The second kappa shape index (κ2) is 13.5. The topological polar surface area (TPSA) is 34.1 Å². The fourth-order valence-electron chi connectivity index (χ4n) is 4.30. The summed E-state index contributed by atoms with van der Waals surface area (Å²) in [5.41, 5.74) is 0. The Hall–Kier alpha value is -1.96. The van der Waals surface area contributed by atoms with Crippen LogP contribution in [-0.2, 0) is 9.13 Å². The van der Waals surface area contributed by atoms with Crippen molar-refractivity contribution in [1.82, 2.24) is 0 Å². The maximum atomic E-state index is 14.1. The van der Waals surface area contributed by atoms with E-state index in [-0.39, 0.29) is 0 Å². The van der Waals surface area contributed by atoms with Gasteiger partial charge in [0.25, 0.3) is 0 Å². The van der Waals surface area contributed by atoms with E-state index in [0.29, 0.717) is 12.3 Å². The van der Waals surface area contributed by atoms with E-state index >= 15 is 0 Å². The lowest BCUT2D eigenvalue weighted by molar-refractivity contribution is 0.585. The Kier molecular flexibility index (Phi) is 10.2. The molecule has 186 valence electrons. The van der Waals surface area contributed by atoms with Crippen LogP contribution in [0.25, 0.3) is 0 Å². The lowest BCUT2D eigenvalue weighted by Gasteiger charge is -2.19. The zero-order chi connectivity index (χ0) is 25.1. The molecule has 0 N–H and O–H groups in total. The van der Waals surface area contributed by atoms with E-state index in [2.05, 4.69) is 0 Å². The number of benzene rings is 4. The van der Waals surface area contributed by atoms with Crippen LogP contribution in [0.15, 0.2) is 121 Å². The lowest BCUT2D eigenvalue weighted by atomic mass is 10.4. The van der Waals surface area contributed by atoms with E-state index in [1.807, 2.05) is 143 Å². The van der Waals surface area contributed by atoms with Crippen LogP contribution >= 0.6 is 35.9 Å². The molecule has 36 heavy (non-hydrogen) atoms. The third-order valence-corrected chi connectivity index (χ3v) is 15.2. The highest BCUT2D eigenvalue weighted by molar-refractivity contribution is 8.76. The third-order valence-electron chi connectivity index (χ3n) is 6.18. The molecule has 0 bridgehead atoms. The van der Waals surface area contributed by atoms with Crippen molar-refractivity contribution in [2.45, 2.75) is 12.8 Å². The fourth-order valence-corrected chi connectivity index (χ4v) is 12.4. The first-order valence-electron chi connectivity index (χ1n) is 12.3. The van der Waals surface area contributed by atoms with Gasteiger partial charge in [0, 0.05) is 45.0 Å². The first kappa shape index (κ1) is 27.1. The summed E-state index contributed by atoms with van der Waals surface area (Å²) in [6, 6.07) is 39.6. The van der Waals surface area contributed by atoms with E-state index in [1.54, 1.807) is 0 Å². The van der Waals surface area contributed by atoms with Gasteiger partial charge in [-0.2, -0.15) is 0 Å². The van der Waals surface area contributed by atoms with Crippen LogP contribution in [0.1, 0.15) is 12.8 Å². The summed E-state index contributed by atoms with van der Waals surface area (Å²) < 4.78 is 28.2. The Labute approximate surface area is 223 Å². The van der Waals surface area contributed by atoms with E-state index in [4.69, 9.17) is 0 Å². The summed E-state index contributed by atoms with van der Waals surface area (Å²) >= 11 is 0. The summed E-state index contributed by atoms with van der Waals surface area (Å²) in [4.78, 5) is 0. The molecule has 0 atom stereocenters. The van der Waals surface area contributed by atoms with Crippen LogP contribution in [0.4, 0.5) is 0 Å². The Morgan fingerprint density at radius 3 is 0.917 bits per heavy atom. The molecule has 0 spiro atoms. The van der Waals surface area contributed by atoms with Gasteiger partial charge >= 0.3 is 0 Å². The molecule has 0 aromatic heterocycles. The highest BCUT2D eigenvalue weighted by Crippen LogP contribution is 2.45. The first-order chi connectivity index (χ1) is 17.6. The van der Waals surface area contributed by atoms with Gasteiger partial charge in [-0.25, -0.2) is 0 Å². The van der Waals surface area contributed by atoms with Crippen molar-refractivity contribution in [3.63, 3.8) is 0 Å². The minimum atomic E-state index is -2.64. The SMILES string of the molecule is O=P(CCCSSCCCP(=O)(c1ccccc1)c1ccccc1)(c1ccccc1)c1ccccc1. The average Bonchev–Trinajstić information content (AvgIpc) is 2.96. The number of rotatable bonds is 13. The molecule has 0 amide bonds. The smallest absolute Gasteiger partial charge is 0.143 e. The Morgan fingerprint density at radius 2 is 0.667 bits per heavy atom. The molecule has 4 rings (SSSR count). The van der Waals surface area contributed by atoms with Gasteiger partial charge in [0.2, 0.25) is 0 Å². The van der Waals surface area contributed by atoms with Crippen molar-refractivity contribution in [2.24, 2.45) is 0 Å². The molecular weight excluding hydrogens is 518 g/mol. The number of hydrogen-bond donors (Lipinski definition) is 0. The van der Waals surface area contributed by atoms with Gasteiger partial charge in [-0.15, -0.1) is 0 Å². The van der Waals surface area contributed by atoms with Gasteiger partial charge in [0.15, 0.2) is 0 Å². The van der Waals surface area contributed by atoms with Crippen molar-refractivity contribution in [3.05, 3.63) is 121 Å². The maximum Gasteiger partial charge on any atom is 0.143 e. The number of hydrogen-bond acceptors (Lipinski definition) is 4. The van der Waals surface area contributed by atoms with Crippen molar-refractivity contribution in [1.29, 1.82) is 0 Å². The molecular formula is C30H32O2P2S2. The van der Waals surface area contributed by atoms with Crippen molar-refractivity contribution in [3.8, 4) is 0 Å². The maximum absolute atomic E-state index is 14.1. The van der Waals surface area contributed by atoms with Gasteiger partial charge in [-0.1, -0.05) is 143 Å². The molecule has 0 heterocycles. The minimum Gasteiger partial charge on any atom is -0.314 e. The molecule has 0 aliphatic rings. The second-order valence-corrected chi connectivity index (χ2v) is 17.2. The van der Waals surface area contributed by atoms with Crippen LogP contribution in [0, 0.1) is 0 Å². The van der Waals surface area contributed by atoms with Crippen molar-refractivity contribution >= 4 is 57.1 Å². The largest absolute Gasteiger partial charge is 0.314 e. The lowest BCUT2D eigenvalue weighted by Crippen LogP contribution is -2.18. The molecule has 0 unspecified atom stereocenters. The van der Waals surface area contributed by atoms with E-state index in [9.17, 15) is 9.13 Å². The Morgan fingerprint density at radius 1 is 0.417 bits per heavy atom. The quantitative estimate of drug-likeness (QED) is 0.100. The van der Waals surface area contributed by atoms with Gasteiger partial charge in [0.1, 0.15) is 14.3 Å². The molecule has 4 aromatic carbocycles. The summed E-state index contributed by atoms with van der Waals surface area (Å²) in [5.74, 6) is 1.90. The Balaban J connectivity index is 1.28.